The molecule has 0 amide bonds. The van der Waals surface area contributed by atoms with Gasteiger partial charge in [-0.15, -0.1) is 0 Å². The number of allylic oxidation sites excluding steroid dienone is 4. The van der Waals surface area contributed by atoms with Crippen molar-refractivity contribution in [1.82, 2.24) is 0 Å². The molecule has 0 heterocycles. The van der Waals surface area contributed by atoms with E-state index in [-0.39, 0.29) is 26.2 Å². The van der Waals surface area contributed by atoms with Gasteiger partial charge in [0.1, 0.15) is 6.79 Å². The van der Waals surface area contributed by atoms with Crippen LogP contribution in [0.4, 0.5) is 0 Å². The summed E-state index contributed by atoms with van der Waals surface area (Å²) in [6.45, 7) is 2.00. The molecule has 1 rings (SSSR count). The van der Waals surface area contributed by atoms with E-state index in [2.05, 4.69) is 24.3 Å². The maximum atomic E-state index is 8.00. The molecule has 0 unspecified atom stereocenters. The summed E-state index contributed by atoms with van der Waals surface area (Å²) >= 11 is 0. The average molecular weight is 235 g/mol. The summed E-state index contributed by atoms with van der Waals surface area (Å²) in [5, 5.41) is 0. The van der Waals surface area contributed by atoms with Gasteiger partial charge < -0.3 is 14.2 Å². The van der Waals surface area contributed by atoms with Crippen LogP contribution in [-0.4, -0.2) is 6.79 Å². The van der Waals surface area contributed by atoms with Crippen molar-refractivity contribution in [2.24, 2.45) is 0 Å². The number of rotatable bonds is 0. The van der Waals surface area contributed by atoms with Crippen LogP contribution in [-0.2, 0) is 21.6 Å². The van der Waals surface area contributed by atoms with Crippen molar-refractivity contribution in [2.75, 3.05) is 0 Å². The molecule has 79 valence electrons. The fraction of sp³-hybridized carbons (Fsp3) is 0.444. The largest absolute Gasteiger partial charge is 2.00 e. The van der Waals surface area contributed by atoms with Crippen molar-refractivity contribution in [1.29, 1.82) is 0 Å². The van der Waals surface area contributed by atoms with E-state index >= 15 is 0 Å². The number of halogens is 2. The van der Waals surface area contributed by atoms with Gasteiger partial charge in [-0.1, -0.05) is 24.3 Å². The predicted octanol–water partition coefficient (Wildman–Crippen LogP) is -3.51. The van der Waals surface area contributed by atoms with E-state index in [0.717, 1.165) is 0 Å². The van der Waals surface area contributed by atoms with Crippen LogP contribution < -0.4 is 9.41 Å². The van der Waals surface area contributed by atoms with E-state index in [4.69, 9.17) is 4.79 Å². The SMILES string of the molecule is C1=CCC/C=C\CC1.C=O.[Co+2].[F-].[F-]. The first-order valence-corrected chi connectivity index (χ1v) is 3.59. The third kappa shape index (κ3) is 18.5. The Kier molecular flexibility index (Phi) is 39.7. The predicted molar refractivity (Wildman–Crippen MR) is 43.9 cm³/mol. The second-order valence-electron chi connectivity index (χ2n) is 2.10. The Labute approximate surface area is 88.2 Å². The Morgan fingerprint density at radius 2 is 0.846 bits per heavy atom. The molecule has 1 nitrogen and oxygen atoms in total. The molecule has 0 saturated heterocycles. The minimum absolute atomic E-state index is 0. The fourth-order valence-electron chi connectivity index (χ4n) is 0.856. The van der Waals surface area contributed by atoms with Gasteiger partial charge in [-0.2, -0.15) is 0 Å². The standard InChI is InChI=1S/C8H12.CH2O.Co.2FH/c1-2-4-6-8-7-5-3-1;1-2;;;/h1-2,7-8H,3-6H2;1H2;;2*1H/q;;+2;;/p-2/b2-1-,8-7?;;;;. The van der Waals surface area contributed by atoms with Crippen molar-refractivity contribution in [3.8, 4) is 0 Å². The first-order valence-electron chi connectivity index (χ1n) is 3.59. The van der Waals surface area contributed by atoms with Crippen LogP contribution in [0.3, 0.4) is 0 Å². The second-order valence-corrected chi connectivity index (χ2v) is 2.10. The smallest absolute Gasteiger partial charge is 1.00 e. The molecule has 4 heteroatoms. The summed E-state index contributed by atoms with van der Waals surface area (Å²) in [6.07, 6.45) is 14.0. The van der Waals surface area contributed by atoms with E-state index in [9.17, 15) is 0 Å². The van der Waals surface area contributed by atoms with Gasteiger partial charge in [-0.3, -0.25) is 0 Å². The average Bonchev–Trinajstić information content (AvgIpc) is 1.90. The molecule has 0 atom stereocenters. The molecular formula is C9H14CoF2O. The first kappa shape index (κ1) is 22.9. The molecule has 0 fully saturated rings. The summed E-state index contributed by atoms with van der Waals surface area (Å²) in [5.74, 6) is 0. The zero-order valence-electron chi connectivity index (χ0n) is 7.34. The zero-order chi connectivity index (χ0) is 7.66. The number of carbonyl (C=O) groups excluding carboxylic acids is 1. The fourth-order valence-corrected chi connectivity index (χ4v) is 0.856. The molecule has 1 radical (unpaired) electrons. The molecule has 13 heavy (non-hydrogen) atoms. The summed E-state index contributed by atoms with van der Waals surface area (Å²) in [7, 11) is 0. The van der Waals surface area contributed by atoms with Crippen LogP contribution in [0.1, 0.15) is 25.7 Å². The quantitative estimate of drug-likeness (QED) is 0.398. The Morgan fingerprint density at radius 3 is 1.00 bits per heavy atom. The summed E-state index contributed by atoms with van der Waals surface area (Å²) in [5.41, 5.74) is 0. The molecule has 0 aromatic carbocycles. The van der Waals surface area contributed by atoms with Gasteiger partial charge >= 0.3 is 16.8 Å². The molecule has 0 spiro atoms. The number of hydrogen-bond acceptors (Lipinski definition) is 1. The Bertz CT molecular complexity index is 101. The van der Waals surface area contributed by atoms with E-state index in [0.29, 0.717) is 0 Å². The van der Waals surface area contributed by atoms with Crippen LogP contribution >= 0.6 is 0 Å². The molecule has 0 bridgehead atoms. The Balaban J connectivity index is -0.0000000761. The van der Waals surface area contributed by atoms with Crippen molar-refractivity contribution in [3.05, 3.63) is 24.3 Å². The monoisotopic (exact) mass is 235 g/mol. The first-order chi connectivity index (χ1) is 5.00. The van der Waals surface area contributed by atoms with Gasteiger partial charge in [0, 0.05) is 0 Å². The zero-order valence-corrected chi connectivity index (χ0v) is 8.38. The summed E-state index contributed by atoms with van der Waals surface area (Å²) in [4.78, 5) is 8.00. The second kappa shape index (κ2) is 22.5. The van der Waals surface area contributed by atoms with Crippen LogP contribution in [0.25, 0.3) is 0 Å². The van der Waals surface area contributed by atoms with Gasteiger partial charge in [0.25, 0.3) is 0 Å². The Morgan fingerprint density at radius 1 is 0.692 bits per heavy atom. The summed E-state index contributed by atoms with van der Waals surface area (Å²) < 4.78 is 0. The molecule has 0 saturated carbocycles. The van der Waals surface area contributed by atoms with Crippen LogP contribution in [0, 0.1) is 0 Å². The van der Waals surface area contributed by atoms with Crippen molar-refractivity contribution in [2.45, 2.75) is 25.7 Å². The molecular weight excluding hydrogens is 221 g/mol. The number of carbonyl (C=O) groups is 1. The Hall–Kier alpha value is -0.484. The maximum absolute atomic E-state index is 8.00. The molecule has 1 aliphatic carbocycles. The van der Waals surface area contributed by atoms with Crippen LogP contribution in [0.5, 0.6) is 0 Å². The van der Waals surface area contributed by atoms with Gasteiger partial charge in [-0.05, 0) is 25.7 Å². The van der Waals surface area contributed by atoms with E-state index in [1.54, 1.807) is 0 Å². The molecule has 0 aromatic heterocycles. The van der Waals surface area contributed by atoms with Gasteiger partial charge in [0.2, 0.25) is 0 Å². The topological polar surface area (TPSA) is 17.1 Å². The minimum atomic E-state index is 0. The minimum Gasteiger partial charge on any atom is -1.00 e. The third-order valence-electron chi connectivity index (χ3n) is 1.33. The third-order valence-corrected chi connectivity index (χ3v) is 1.33. The van der Waals surface area contributed by atoms with E-state index in [1.165, 1.54) is 25.7 Å². The van der Waals surface area contributed by atoms with Crippen LogP contribution in [0.15, 0.2) is 24.3 Å². The van der Waals surface area contributed by atoms with Crippen molar-refractivity contribution < 1.29 is 31.0 Å². The van der Waals surface area contributed by atoms with Crippen molar-refractivity contribution >= 4 is 6.79 Å². The van der Waals surface area contributed by atoms with E-state index < -0.39 is 0 Å². The van der Waals surface area contributed by atoms with Gasteiger partial charge in [0.05, 0.1) is 0 Å². The number of hydrogen-bond donors (Lipinski definition) is 0. The van der Waals surface area contributed by atoms with Crippen LogP contribution in [0.2, 0.25) is 0 Å². The molecule has 0 N–H and O–H groups in total. The van der Waals surface area contributed by atoms with E-state index in [1.807, 2.05) is 6.79 Å². The summed E-state index contributed by atoms with van der Waals surface area (Å²) in [6, 6.07) is 0. The molecule has 1 aliphatic rings. The molecule has 0 aromatic rings. The van der Waals surface area contributed by atoms with Gasteiger partial charge in [-0.25, -0.2) is 0 Å². The normalized spacial score (nSPS) is 15.1. The van der Waals surface area contributed by atoms with Crippen molar-refractivity contribution in [3.63, 3.8) is 0 Å². The molecule has 0 aliphatic heterocycles. The maximum Gasteiger partial charge on any atom is 2.00 e. The van der Waals surface area contributed by atoms with Gasteiger partial charge in [0.15, 0.2) is 0 Å².